The predicted molar refractivity (Wildman–Crippen MR) is 275 cm³/mol. The average Bonchev–Trinajstić information content (AvgIpc) is 3.41. The van der Waals surface area contributed by atoms with Gasteiger partial charge >= 0.3 is 0 Å². The standard InChI is InChI=1S/C63H42ClN3/c64-61-59(66-55-37-19-15-33-51(55)62(46-24-5-1-6-25-46,47-26-7-2-8-27-47)52-34-16-20-38-56(52)66)41-45(50-32-14-13-23-44(50)43-65)42-60(61)67-57-39-21-17-35-53(57)63(48-28-9-3-10-29-48,49-30-11-4-12-31-49)54-36-18-22-40-58(54)67/h1-42H. The Morgan fingerprint density at radius 3 is 0.940 bits per heavy atom. The summed E-state index contributed by atoms with van der Waals surface area (Å²) in [6.07, 6.45) is 0. The van der Waals surface area contributed by atoms with Crippen LogP contribution in [0.15, 0.2) is 255 Å². The SMILES string of the molecule is N#Cc1ccccc1-c1cc(N2c3ccccc3C(c3ccccc3)(c3ccccc3)c3ccccc32)c(Cl)c(N2c3ccccc3C(c3ccccc3)(c3ccccc3)c3ccccc32)c1. The van der Waals surface area contributed by atoms with Gasteiger partial charge in [0, 0.05) is 0 Å². The van der Waals surface area contributed by atoms with Crippen LogP contribution >= 0.6 is 11.6 Å². The number of para-hydroxylation sites is 4. The first-order chi connectivity index (χ1) is 33.2. The minimum absolute atomic E-state index is 0.575. The molecular weight excluding hydrogens is 834 g/mol. The number of hydrogen-bond donors (Lipinski definition) is 0. The molecule has 0 N–H and O–H groups in total. The molecular formula is C63H42ClN3. The second-order valence-electron chi connectivity index (χ2n) is 17.2. The molecule has 0 amide bonds. The fraction of sp³-hybridized carbons (Fsp3) is 0.0317. The molecule has 0 radical (unpaired) electrons. The minimum atomic E-state index is -0.657. The summed E-state index contributed by atoms with van der Waals surface area (Å²) in [6, 6.07) is 93.1. The van der Waals surface area contributed by atoms with Crippen LogP contribution in [-0.2, 0) is 10.8 Å². The number of benzene rings is 10. The summed E-state index contributed by atoms with van der Waals surface area (Å²) >= 11 is 8.24. The van der Waals surface area contributed by atoms with Crippen molar-refractivity contribution in [3.05, 3.63) is 310 Å². The van der Waals surface area contributed by atoms with Crippen LogP contribution in [-0.4, -0.2) is 0 Å². The van der Waals surface area contributed by atoms with Gasteiger partial charge in [-0.3, -0.25) is 0 Å². The van der Waals surface area contributed by atoms with Crippen LogP contribution in [0.1, 0.15) is 50.1 Å². The van der Waals surface area contributed by atoms with Crippen molar-refractivity contribution in [2.75, 3.05) is 9.80 Å². The number of rotatable bonds is 7. The molecule has 10 aromatic rings. The number of nitriles is 1. The zero-order valence-electron chi connectivity index (χ0n) is 36.5. The zero-order chi connectivity index (χ0) is 45.0. The molecule has 0 aromatic heterocycles. The molecule has 0 saturated carbocycles. The van der Waals surface area contributed by atoms with Crippen molar-refractivity contribution in [3.8, 4) is 17.2 Å². The smallest absolute Gasteiger partial charge is 0.0998 e. The van der Waals surface area contributed by atoms with Gasteiger partial charge in [-0.15, -0.1) is 0 Å². The molecule has 2 heterocycles. The molecule has 0 spiro atoms. The van der Waals surface area contributed by atoms with Gasteiger partial charge in [0.25, 0.3) is 0 Å². The van der Waals surface area contributed by atoms with E-state index in [-0.39, 0.29) is 0 Å². The molecule has 3 nitrogen and oxygen atoms in total. The number of fused-ring (bicyclic) bond motifs is 4. The van der Waals surface area contributed by atoms with Gasteiger partial charge < -0.3 is 9.80 Å². The van der Waals surface area contributed by atoms with E-state index in [9.17, 15) is 5.26 Å². The maximum Gasteiger partial charge on any atom is 0.0998 e. The van der Waals surface area contributed by atoms with Gasteiger partial charge in [-0.05, 0) is 98.1 Å². The molecule has 0 saturated heterocycles. The fourth-order valence-electron chi connectivity index (χ4n) is 11.2. The van der Waals surface area contributed by atoms with Gasteiger partial charge in [-0.2, -0.15) is 5.26 Å². The first-order valence-corrected chi connectivity index (χ1v) is 23.1. The molecule has 0 unspecified atom stereocenters. The largest absolute Gasteiger partial charge is 0.308 e. The normalized spacial score (nSPS) is 13.9. The summed E-state index contributed by atoms with van der Waals surface area (Å²) in [6.45, 7) is 0. The third kappa shape index (κ3) is 5.97. The highest BCUT2D eigenvalue weighted by Gasteiger charge is 2.49. The number of nitrogens with zero attached hydrogens (tertiary/aromatic N) is 3. The van der Waals surface area contributed by atoms with Crippen molar-refractivity contribution >= 4 is 45.7 Å². The molecule has 0 aliphatic carbocycles. The van der Waals surface area contributed by atoms with Gasteiger partial charge in [0.15, 0.2) is 0 Å². The molecule has 67 heavy (non-hydrogen) atoms. The molecule has 316 valence electrons. The Hall–Kier alpha value is -8.42. The van der Waals surface area contributed by atoms with Crippen LogP contribution in [0.25, 0.3) is 11.1 Å². The van der Waals surface area contributed by atoms with Crippen molar-refractivity contribution in [2.24, 2.45) is 0 Å². The van der Waals surface area contributed by atoms with Crippen LogP contribution in [0, 0.1) is 11.3 Å². The van der Waals surface area contributed by atoms with Gasteiger partial charge in [-0.25, -0.2) is 0 Å². The summed E-state index contributed by atoms with van der Waals surface area (Å²) in [4.78, 5) is 4.69. The van der Waals surface area contributed by atoms with Crippen LogP contribution < -0.4 is 9.80 Å². The molecule has 10 aromatic carbocycles. The van der Waals surface area contributed by atoms with Crippen LogP contribution in [0.2, 0.25) is 5.02 Å². The van der Waals surface area contributed by atoms with Gasteiger partial charge in [0.2, 0.25) is 0 Å². The van der Waals surface area contributed by atoms with Crippen molar-refractivity contribution < 1.29 is 0 Å². The van der Waals surface area contributed by atoms with Crippen LogP contribution in [0.3, 0.4) is 0 Å². The zero-order valence-corrected chi connectivity index (χ0v) is 37.2. The molecule has 0 fully saturated rings. The van der Waals surface area contributed by atoms with E-state index in [0.717, 1.165) is 67.5 Å². The van der Waals surface area contributed by atoms with E-state index in [2.05, 4.69) is 246 Å². The number of hydrogen-bond acceptors (Lipinski definition) is 3. The third-order valence-electron chi connectivity index (χ3n) is 13.9. The summed E-state index contributed by atoms with van der Waals surface area (Å²) in [5, 5.41) is 11.2. The van der Waals surface area contributed by atoms with E-state index < -0.39 is 10.8 Å². The highest BCUT2D eigenvalue weighted by Crippen LogP contribution is 2.62. The van der Waals surface area contributed by atoms with Crippen LogP contribution in [0.5, 0.6) is 0 Å². The monoisotopic (exact) mass is 875 g/mol. The molecule has 2 aliphatic rings. The fourth-order valence-corrected chi connectivity index (χ4v) is 11.5. The highest BCUT2D eigenvalue weighted by molar-refractivity contribution is 6.37. The maximum absolute atomic E-state index is 10.6. The quantitative estimate of drug-likeness (QED) is 0.160. The first-order valence-electron chi connectivity index (χ1n) is 22.7. The van der Waals surface area contributed by atoms with Gasteiger partial charge in [-0.1, -0.05) is 224 Å². The molecule has 12 rings (SSSR count). The Morgan fingerprint density at radius 1 is 0.328 bits per heavy atom. The van der Waals surface area contributed by atoms with E-state index in [4.69, 9.17) is 11.6 Å². The molecule has 2 aliphatic heterocycles. The Kier molecular flexibility index (Phi) is 9.72. The summed E-state index contributed by atoms with van der Waals surface area (Å²) < 4.78 is 0. The van der Waals surface area contributed by atoms with E-state index in [1.54, 1.807) is 0 Å². The second kappa shape index (κ2) is 16.2. The number of halogens is 1. The Morgan fingerprint density at radius 2 is 0.612 bits per heavy atom. The van der Waals surface area contributed by atoms with Crippen molar-refractivity contribution in [2.45, 2.75) is 10.8 Å². The summed E-state index contributed by atoms with van der Waals surface area (Å²) in [5.41, 5.74) is 15.9. The first kappa shape index (κ1) is 40.1. The van der Waals surface area contributed by atoms with E-state index in [1.165, 1.54) is 22.3 Å². The Balaban J connectivity index is 1.18. The summed E-state index contributed by atoms with van der Waals surface area (Å²) in [5.74, 6) is 0. The Bertz CT molecular complexity index is 3130. The second-order valence-corrected chi connectivity index (χ2v) is 17.6. The minimum Gasteiger partial charge on any atom is -0.308 e. The lowest BCUT2D eigenvalue weighted by molar-refractivity contribution is 0.730. The lowest BCUT2D eigenvalue weighted by Gasteiger charge is -2.48. The average molecular weight is 877 g/mol. The van der Waals surface area contributed by atoms with E-state index in [1.807, 2.05) is 24.3 Å². The van der Waals surface area contributed by atoms with Crippen LogP contribution in [0.4, 0.5) is 34.1 Å². The van der Waals surface area contributed by atoms with E-state index in [0.29, 0.717) is 10.6 Å². The molecule has 0 bridgehead atoms. The van der Waals surface area contributed by atoms with E-state index >= 15 is 0 Å². The van der Waals surface area contributed by atoms with Crippen molar-refractivity contribution in [1.82, 2.24) is 0 Å². The molecule has 4 heteroatoms. The van der Waals surface area contributed by atoms with Crippen molar-refractivity contribution in [1.29, 1.82) is 5.26 Å². The maximum atomic E-state index is 10.6. The summed E-state index contributed by atoms with van der Waals surface area (Å²) in [7, 11) is 0. The lowest BCUT2D eigenvalue weighted by Crippen LogP contribution is -2.38. The molecule has 0 atom stereocenters. The van der Waals surface area contributed by atoms with Gasteiger partial charge in [0.1, 0.15) is 0 Å². The Labute approximate surface area is 396 Å². The lowest BCUT2D eigenvalue weighted by atomic mass is 9.62. The number of anilines is 6. The topological polar surface area (TPSA) is 30.3 Å². The van der Waals surface area contributed by atoms with Gasteiger partial charge in [0.05, 0.1) is 61.6 Å². The third-order valence-corrected chi connectivity index (χ3v) is 14.3. The van der Waals surface area contributed by atoms with Crippen molar-refractivity contribution in [3.63, 3.8) is 0 Å². The predicted octanol–water partition coefficient (Wildman–Crippen LogP) is 16.2. The highest BCUT2D eigenvalue weighted by atomic mass is 35.5.